The number of rotatable bonds is 3. The zero-order valence-electron chi connectivity index (χ0n) is 10.6. The summed E-state index contributed by atoms with van der Waals surface area (Å²) in [6.07, 6.45) is 1.78. The Morgan fingerprint density at radius 2 is 2.16 bits per heavy atom. The van der Waals surface area contributed by atoms with Crippen LogP contribution < -0.4 is 10.6 Å². The third-order valence-corrected chi connectivity index (χ3v) is 3.59. The molecule has 0 aromatic heterocycles. The summed E-state index contributed by atoms with van der Waals surface area (Å²) in [6.45, 7) is 2.48. The molecule has 19 heavy (non-hydrogen) atoms. The minimum absolute atomic E-state index is 0.185. The normalized spacial score (nSPS) is 22.2. The summed E-state index contributed by atoms with van der Waals surface area (Å²) < 4.78 is 5.64. The standard InChI is InChI=1S/C14H16N2O3/c17-13-11-3-1-2-9(12(11)14(18)16-13)4-5-10-8-15-6-7-19-10/h1-3,10,15H,4-8H2,(H,16,17,18). The monoisotopic (exact) mass is 260 g/mol. The summed E-state index contributed by atoms with van der Waals surface area (Å²) in [5.41, 5.74) is 1.96. The van der Waals surface area contributed by atoms with E-state index in [2.05, 4.69) is 10.6 Å². The van der Waals surface area contributed by atoms with E-state index in [1.165, 1.54) is 0 Å². The Bertz CT molecular complexity index is 521. The van der Waals surface area contributed by atoms with Crippen molar-refractivity contribution in [2.75, 3.05) is 19.7 Å². The highest BCUT2D eigenvalue weighted by Crippen LogP contribution is 2.22. The third-order valence-electron chi connectivity index (χ3n) is 3.59. The number of hydrogen-bond acceptors (Lipinski definition) is 4. The second kappa shape index (κ2) is 5.11. The fourth-order valence-electron chi connectivity index (χ4n) is 2.62. The fraction of sp³-hybridized carbons (Fsp3) is 0.429. The molecule has 100 valence electrons. The number of imide groups is 1. The quantitative estimate of drug-likeness (QED) is 0.776. The van der Waals surface area contributed by atoms with E-state index in [1.54, 1.807) is 6.07 Å². The lowest BCUT2D eigenvalue weighted by Gasteiger charge is -2.23. The molecule has 0 aliphatic carbocycles. The summed E-state index contributed by atoms with van der Waals surface area (Å²) in [7, 11) is 0. The van der Waals surface area contributed by atoms with E-state index < -0.39 is 0 Å². The Kier molecular flexibility index (Phi) is 3.31. The van der Waals surface area contributed by atoms with Gasteiger partial charge in [0.2, 0.25) is 0 Å². The fourth-order valence-corrected chi connectivity index (χ4v) is 2.62. The molecule has 2 aliphatic rings. The van der Waals surface area contributed by atoms with Gasteiger partial charge in [-0.2, -0.15) is 0 Å². The molecule has 0 saturated carbocycles. The molecule has 0 radical (unpaired) electrons. The number of amides is 2. The smallest absolute Gasteiger partial charge is 0.259 e. The van der Waals surface area contributed by atoms with Gasteiger partial charge in [0.25, 0.3) is 11.8 Å². The third kappa shape index (κ3) is 2.39. The van der Waals surface area contributed by atoms with Crippen LogP contribution in [0.3, 0.4) is 0 Å². The van der Waals surface area contributed by atoms with E-state index >= 15 is 0 Å². The maximum Gasteiger partial charge on any atom is 0.259 e. The number of nitrogens with one attached hydrogen (secondary N) is 2. The molecule has 0 bridgehead atoms. The Labute approximate surface area is 111 Å². The zero-order chi connectivity index (χ0) is 13.2. The number of carbonyl (C=O) groups is 2. The molecule has 1 atom stereocenters. The Morgan fingerprint density at radius 3 is 2.95 bits per heavy atom. The van der Waals surface area contributed by atoms with Crippen LogP contribution in [0.25, 0.3) is 0 Å². The topological polar surface area (TPSA) is 67.4 Å². The van der Waals surface area contributed by atoms with Crippen molar-refractivity contribution >= 4 is 11.8 Å². The van der Waals surface area contributed by atoms with Gasteiger partial charge in [-0.05, 0) is 24.5 Å². The highest BCUT2D eigenvalue weighted by atomic mass is 16.5. The Hall–Kier alpha value is -1.72. The molecule has 1 aromatic carbocycles. The number of fused-ring (bicyclic) bond motifs is 1. The van der Waals surface area contributed by atoms with Crippen LogP contribution in [0.4, 0.5) is 0 Å². The Morgan fingerprint density at radius 1 is 1.26 bits per heavy atom. The first-order valence-electron chi connectivity index (χ1n) is 6.55. The van der Waals surface area contributed by atoms with Gasteiger partial charge >= 0.3 is 0 Å². The lowest BCUT2D eigenvalue weighted by Crippen LogP contribution is -2.38. The number of aryl methyl sites for hydroxylation is 1. The van der Waals surface area contributed by atoms with Crippen LogP contribution in [0.1, 0.15) is 32.7 Å². The largest absolute Gasteiger partial charge is 0.376 e. The average Bonchev–Trinajstić information content (AvgIpc) is 2.74. The van der Waals surface area contributed by atoms with Crippen molar-refractivity contribution in [3.63, 3.8) is 0 Å². The van der Waals surface area contributed by atoms with Crippen molar-refractivity contribution in [2.45, 2.75) is 18.9 Å². The van der Waals surface area contributed by atoms with E-state index in [0.29, 0.717) is 11.1 Å². The second-order valence-corrected chi connectivity index (χ2v) is 4.86. The molecule has 1 fully saturated rings. The van der Waals surface area contributed by atoms with Crippen LogP contribution in [-0.2, 0) is 11.2 Å². The van der Waals surface area contributed by atoms with E-state index in [0.717, 1.165) is 38.1 Å². The van der Waals surface area contributed by atoms with Gasteiger partial charge in [0.15, 0.2) is 0 Å². The van der Waals surface area contributed by atoms with Crippen LogP contribution in [0.5, 0.6) is 0 Å². The van der Waals surface area contributed by atoms with Gasteiger partial charge < -0.3 is 10.1 Å². The lowest BCUT2D eigenvalue weighted by molar-refractivity contribution is 0.0238. The average molecular weight is 260 g/mol. The molecular formula is C14H16N2O3. The predicted molar refractivity (Wildman–Crippen MR) is 69.2 cm³/mol. The number of carbonyl (C=O) groups excluding carboxylic acids is 2. The lowest BCUT2D eigenvalue weighted by atomic mass is 9.97. The van der Waals surface area contributed by atoms with E-state index in [9.17, 15) is 9.59 Å². The molecule has 1 saturated heterocycles. The molecule has 1 unspecified atom stereocenters. The minimum Gasteiger partial charge on any atom is -0.376 e. The number of hydrogen-bond donors (Lipinski definition) is 2. The van der Waals surface area contributed by atoms with Crippen molar-refractivity contribution in [3.05, 3.63) is 34.9 Å². The first kappa shape index (κ1) is 12.3. The second-order valence-electron chi connectivity index (χ2n) is 4.86. The summed E-state index contributed by atoms with van der Waals surface area (Å²) in [4.78, 5) is 23.3. The van der Waals surface area contributed by atoms with Crippen molar-refractivity contribution in [1.29, 1.82) is 0 Å². The van der Waals surface area contributed by atoms with Crippen LogP contribution in [0, 0.1) is 0 Å². The molecule has 2 aliphatic heterocycles. The van der Waals surface area contributed by atoms with Gasteiger partial charge in [-0.1, -0.05) is 12.1 Å². The van der Waals surface area contributed by atoms with Crippen LogP contribution >= 0.6 is 0 Å². The van der Waals surface area contributed by atoms with Crippen molar-refractivity contribution in [3.8, 4) is 0 Å². The van der Waals surface area contributed by atoms with Gasteiger partial charge in [0.1, 0.15) is 0 Å². The maximum atomic E-state index is 11.8. The molecule has 3 rings (SSSR count). The van der Waals surface area contributed by atoms with Gasteiger partial charge in [0.05, 0.1) is 23.8 Å². The first-order valence-corrected chi connectivity index (χ1v) is 6.55. The molecule has 0 spiro atoms. The van der Waals surface area contributed by atoms with Gasteiger partial charge in [-0.3, -0.25) is 14.9 Å². The van der Waals surface area contributed by atoms with Gasteiger partial charge in [0, 0.05) is 13.1 Å². The van der Waals surface area contributed by atoms with Crippen LogP contribution in [0.2, 0.25) is 0 Å². The Balaban J connectivity index is 1.75. The van der Waals surface area contributed by atoms with Gasteiger partial charge in [-0.15, -0.1) is 0 Å². The molecule has 5 nitrogen and oxygen atoms in total. The summed E-state index contributed by atoms with van der Waals surface area (Å²) >= 11 is 0. The summed E-state index contributed by atoms with van der Waals surface area (Å²) in [5.74, 6) is -0.573. The highest BCUT2D eigenvalue weighted by Gasteiger charge is 2.29. The van der Waals surface area contributed by atoms with Crippen molar-refractivity contribution in [2.24, 2.45) is 0 Å². The van der Waals surface area contributed by atoms with Crippen LogP contribution in [-0.4, -0.2) is 37.6 Å². The van der Waals surface area contributed by atoms with E-state index in [4.69, 9.17) is 4.74 Å². The summed E-state index contributed by atoms with van der Waals surface area (Å²) in [6, 6.07) is 5.43. The summed E-state index contributed by atoms with van der Waals surface area (Å²) in [5, 5.41) is 5.62. The highest BCUT2D eigenvalue weighted by molar-refractivity contribution is 6.22. The molecular weight excluding hydrogens is 244 g/mol. The van der Waals surface area contributed by atoms with Crippen molar-refractivity contribution < 1.29 is 14.3 Å². The first-order chi connectivity index (χ1) is 9.25. The van der Waals surface area contributed by atoms with Crippen LogP contribution in [0.15, 0.2) is 18.2 Å². The van der Waals surface area contributed by atoms with E-state index in [-0.39, 0.29) is 17.9 Å². The SMILES string of the molecule is O=C1NC(=O)c2c(CCC3CNCCO3)cccc21. The molecule has 5 heteroatoms. The zero-order valence-corrected chi connectivity index (χ0v) is 10.6. The number of ether oxygens (including phenoxy) is 1. The minimum atomic E-state index is -0.294. The van der Waals surface area contributed by atoms with Gasteiger partial charge in [-0.25, -0.2) is 0 Å². The molecule has 2 N–H and O–H groups in total. The van der Waals surface area contributed by atoms with Crippen molar-refractivity contribution in [1.82, 2.24) is 10.6 Å². The molecule has 2 heterocycles. The number of morpholine rings is 1. The maximum absolute atomic E-state index is 11.8. The number of benzene rings is 1. The van der Waals surface area contributed by atoms with E-state index in [1.807, 2.05) is 12.1 Å². The predicted octanol–water partition coefficient (Wildman–Crippen LogP) is 0.491. The molecule has 1 aromatic rings. The molecule has 2 amide bonds.